The Morgan fingerprint density at radius 1 is 1.06 bits per heavy atom. The van der Waals surface area contributed by atoms with E-state index in [0.717, 1.165) is 16.8 Å². The molecule has 1 aromatic carbocycles. The number of hydrogen-bond acceptors (Lipinski definition) is 4. The average molecular weight is 438 g/mol. The van der Waals surface area contributed by atoms with Crippen LogP contribution in [0, 0.1) is 11.3 Å². The van der Waals surface area contributed by atoms with Crippen LogP contribution in [0.2, 0.25) is 0 Å². The molecule has 0 unspecified atom stereocenters. The van der Waals surface area contributed by atoms with E-state index in [0.29, 0.717) is 17.0 Å². The van der Waals surface area contributed by atoms with E-state index in [1.165, 1.54) is 84.1 Å². The lowest BCUT2D eigenvalue weighted by atomic mass is 9.71. The van der Waals surface area contributed by atoms with Gasteiger partial charge in [0.1, 0.15) is 0 Å². The lowest BCUT2D eigenvalue weighted by molar-refractivity contribution is 0.0337. The topological polar surface area (TPSA) is 53.4 Å². The van der Waals surface area contributed by atoms with Gasteiger partial charge in [0.15, 0.2) is 0 Å². The first-order valence-electron chi connectivity index (χ1n) is 12.7. The first-order valence-corrected chi connectivity index (χ1v) is 12.7. The monoisotopic (exact) mass is 437 g/mol. The fraction of sp³-hybridized carbons (Fsp3) is 0.692. The predicted octanol–water partition coefficient (Wildman–Crippen LogP) is 3.94. The van der Waals surface area contributed by atoms with Gasteiger partial charge >= 0.3 is 0 Å². The molecule has 1 saturated carbocycles. The number of benzene rings is 1. The summed E-state index contributed by atoms with van der Waals surface area (Å²) in [6, 6.07) is 6.28. The van der Waals surface area contributed by atoms with Crippen LogP contribution in [0.1, 0.15) is 67.8 Å². The van der Waals surface area contributed by atoms with Crippen LogP contribution in [-0.2, 0) is 0 Å². The largest absolute Gasteiger partial charge is 0.355 e. The van der Waals surface area contributed by atoms with Crippen LogP contribution in [0.15, 0.2) is 24.4 Å². The van der Waals surface area contributed by atoms with Crippen molar-refractivity contribution >= 4 is 16.8 Å². The quantitative estimate of drug-likeness (QED) is 0.787. The van der Waals surface area contributed by atoms with E-state index in [-0.39, 0.29) is 5.91 Å². The van der Waals surface area contributed by atoms with Gasteiger partial charge in [0, 0.05) is 30.7 Å². The van der Waals surface area contributed by atoms with Crippen LogP contribution in [0.4, 0.5) is 0 Å². The van der Waals surface area contributed by atoms with Gasteiger partial charge < -0.3 is 15.1 Å². The third kappa shape index (κ3) is 4.58. The zero-order valence-electron chi connectivity index (χ0n) is 19.9. The smallest absolute Gasteiger partial charge is 0.251 e. The third-order valence-electron chi connectivity index (χ3n) is 8.68. The summed E-state index contributed by atoms with van der Waals surface area (Å²) >= 11 is 0. The molecule has 174 valence electrons. The van der Waals surface area contributed by atoms with Gasteiger partial charge in [-0.25, -0.2) is 0 Å². The van der Waals surface area contributed by atoms with Crippen molar-refractivity contribution < 1.29 is 4.79 Å². The highest BCUT2D eigenvalue weighted by atomic mass is 16.1. The van der Waals surface area contributed by atoms with E-state index in [2.05, 4.69) is 33.0 Å². The molecule has 2 aromatic rings. The molecular weight excluding hydrogens is 398 g/mol. The lowest BCUT2D eigenvalue weighted by Crippen LogP contribution is -2.47. The summed E-state index contributed by atoms with van der Waals surface area (Å²) in [4.78, 5) is 17.2. The Hall–Kier alpha value is -1.92. The number of aromatic nitrogens is 2. The van der Waals surface area contributed by atoms with Crippen LogP contribution < -0.4 is 5.32 Å². The third-order valence-corrected chi connectivity index (χ3v) is 8.68. The Morgan fingerprint density at radius 2 is 1.75 bits per heavy atom. The number of piperidine rings is 2. The number of rotatable bonds is 4. The van der Waals surface area contributed by atoms with Crippen molar-refractivity contribution in [2.45, 2.75) is 57.4 Å². The number of hydrogen-bond donors (Lipinski definition) is 1. The maximum Gasteiger partial charge on any atom is 0.251 e. The van der Waals surface area contributed by atoms with Crippen LogP contribution in [0.5, 0.6) is 0 Å². The highest BCUT2D eigenvalue weighted by Crippen LogP contribution is 2.41. The Bertz CT molecular complexity index is 927. The van der Waals surface area contributed by atoms with Gasteiger partial charge in [-0.05, 0) is 114 Å². The molecule has 1 aromatic heterocycles. The number of likely N-dealkylation sites (tertiary alicyclic amines) is 2. The first kappa shape index (κ1) is 21.9. The number of fused-ring (bicyclic) bond motifs is 1. The van der Waals surface area contributed by atoms with Crippen molar-refractivity contribution in [3.8, 4) is 0 Å². The summed E-state index contributed by atoms with van der Waals surface area (Å²) < 4.78 is 2.17. The van der Waals surface area contributed by atoms with Crippen molar-refractivity contribution in [1.82, 2.24) is 24.9 Å². The van der Waals surface area contributed by atoms with Gasteiger partial charge in [-0.2, -0.15) is 5.10 Å². The molecule has 2 aliphatic heterocycles. The second-order valence-electron chi connectivity index (χ2n) is 10.7. The van der Waals surface area contributed by atoms with Gasteiger partial charge in [-0.15, -0.1) is 0 Å². The van der Waals surface area contributed by atoms with Gasteiger partial charge in [0.05, 0.1) is 11.6 Å². The second kappa shape index (κ2) is 9.14. The molecule has 32 heavy (non-hydrogen) atoms. The number of nitrogens with zero attached hydrogens (tertiary/aromatic N) is 4. The normalized spacial score (nSPS) is 27.1. The molecule has 0 radical (unpaired) electrons. The van der Waals surface area contributed by atoms with Gasteiger partial charge in [0.25, 0.3) is 5.91 Å². The van der Waals surface area contributed by atoms with Gasteiger partial charge in [0.2, 0.25) is 0 Å². The minimum atomic E-state index is -0.0420. The van der Waals surface area contributed by atoms with Crippen LogP contribution in [-0.4, -0.2) is 72.3 Å². The Labute approximate surface area is 192 Å². The van der Waals surface area contributed by atoms with E-state index in [4.69, 9.17) is 5.10 Å². The highest BCUT2D eigenvalue weighted by molar-refractivity contribution is 5.97. The molecule has 6 nitrogen and oxygen atoms in total. The van der Waals surface area contributed by atoms with Crippen molar-refractivity contribution in [3.05, 3.63) is 30.0 Å². The van der Waals surface area contributed by atoms with Crippen molar-refractivity contribution in [3.63, 3.8) is 0 Å². The maximum atomic E-state index is 11.9. The van der Waals surface area contributed by atoms with E-state index >= 15 is 0 Å². The molecule has 3 aliphatic rings. The fourth-order valence-corrected chi connectivity index (χ4v) is 6.28. The molecule has 1 aliphatic carbocycles. The summed E-state index contributed by atoms with van der Waals surface area (Å²) in [5.74, 6) is 0.794. The van der Waals surface area contributed by atoms with Crippen LogP contribution in [0.3, 0.4) is 0 Å². The lowest BCUT2D eigenvalue weighted by Gasteiger charge is -2.47. The molecule has 5 rings (SSSR count). The summed E-state index contributed by atoms with van der Waals surface area (Å²) in [6.45, 7) is 6.49. The maximum absolute atomic E-state index is 11.9. The van der Waals surface area contributed by atoms with Crippen LogP contribution >= 0.6 is 0 Å². The van der Waals surface area contributed by atoms with E-state index in [9.17, 15) is 4.79 Å². The van der Waals surface area contributed by atoms with Crippen molar-refractivity contribution in [2.24, 2.45) is 11.3 Å². The molecule has 2 saturated heterocycles. The number of carbonyl (C=O) groups excluding carboxylic acids is 1. The minimum Gasteiger partial charge on any atom is -0.355 e. The first-order chi connectivity index (χ1) is 15.5. The highest BCUT2D eigenvalue weighted by Gasteiger charge is 2.37. The zero-order chi connectivity index (χ0) is 22.1. The summed E-state index contributed by atoms with van der Waals surface area (Å²) in [5.41, 5.74) is 2.34. The standard InChI is InChI=1S/C26H39N5O/c1-27-25(32)21-5-8-24-22(17-21)19-31(28-24)23-6-3-20(4-7-23)18-30-15-11-26(12-16-30)9-13-29(2)14-10-26/h5,8,17,19-20,23H,3-4,6-7,9-16,18H2,1-2H3,(H,27,32). The Morgan fingerprint density at radius 3 is 2.44 bits per heavy atom. The minimum absolute atomic E-state index is 0.0420. The molecule has 1 amide bonds. The SMILES string of the molecule is CNC(=O)c1ccc2nn(C3CCC(CN4CCC5(CCN(C)CC5)CC4)CC3)cc2c1. The molecule has 0 atom stereocenters. The Balaban J connectivity index is 1.12. The molecule has 3 heterocycles. The van der Waals surface area contributed by atoms with Gasteiger partial charge in [-0.1, -0.05) is 0 Å². The number of nitrogens with one attached hydrogen (secondary N) is 1. The van der Waals surface area contributed by atoms with E-state index in [1.807, 2.05) is 18.2 Å². The fourth-order valence-electron chi connectivity index (χ4n) is 6.28. The predicted molar refractivity (Wildman–Crippen MR) is 129 cm³/mol. The second-order valence-corrected chi connectivity index (χ2v) is 10.7. The molecule has 6 heteroatoms. The van der Waals surface area contributed by atoms with E-state index < -0.39 is 0 Å². The molecule has 1 N–H and O–H groups in total. The van der Waals surface area contributed by atoms with Gasteiger partial charge in [-0.3, -0.25) is 9.48 Å². The van der Waals surface area contributed by atoms with Crippen LogP contribution in [0.25, 0.3) is 10.9 Å². The molecule has 1 spiro atoms. The number of carbonyl (C=O) groups is 1. The van der Waals surface area contributed by atoms with E-state index in [1.54, 1.807) is 7.05 Å². The number of amides is 1. The molecular formula is C26H39N5O. The summed E-state index contributed by atoms with van der Waals surface area (Å²) in [6.07, 6.45) is 12.8. The molecule has 3 fully saturated rings. The zero-order valence-corrected chi connectivity index (χ0v) is 19.9. The summed E-state index contributed by atoms with van der Waals surface area (Å²) in [5, 5.41) is 8.59. The Kier molecular flexibility index (Phi) is 6.26. The van der Waals surface area contributed by atoms with Crippen molar-refractivity contribution in [1.29, 1.82) is 0 Å². The average Bonchev–Trinajstić information content (AvgIpc) is 3.26. The summed E-state index contributed by atoms with van der Waals surface area (Å²) in [7, 11) is 3.94. The molecule has 0 bridgehead atoms. The van der Waals surface area contributed by atoms with Crippen molar-refractivity contribution in [2.75, 3.05) is 46.8 Å².